The molecule has 14 heavy (non-hydrogen) atoms. The van der Waals surface area contributed by atoms with Gasteiger partial charge in [-0.25, -0.2) is 0 Å². The summed E-state index contributed by atoms with van der Waals surface area (Å²) in [6.07, 6.45) is -0.406. The third-order valence-electron chi connectivity index (χ3n) is 2.90. The van der Waals surface area contributed by atoms with Crippen molar-refractivity contribution in [3.8, 4) is 0 Å². The van der Waals surface area contributed by atoms with Gasteiger partial charge in [0.05, 0.1) is 19.3 Å². The van der Waals surface area contributed by atoms with Crippen LogP contribution in [0.15, 0.2) is 28.7 Å². The first kappa shape index (κ1) is 10.1. The second kappa shape index (κ2) is 3.65. The van der Waals surface area contributed by atoms with Gasteiger partial charge in [0.15, 0.2) is 0 Å². The van der Waals surface area contributed by atoms with Gasteiger partial charge in [0.1, 0.15) is 0 Å². The lowest BCUT2D eigenvalue weighted by Crippen LogP contribution is -2.35. The van der Waals surface area contributed by atoms with Gasteiger partial charge in [0.25, 0.3) is 0 Å². The van der Waals surface area contributed by atoms with E-state index in [1.165, 1.54) is 0 Å². The first-order chi connectivity index (χ1) is 6.63. The minimum Gasteiger partial charge on any atom is -0.390 e. The molecular weight excluding hydrogens is 244 g/mol. The van der Waals surface area contributed by atoms with Gasteiger partial charge in [0, 0.05) is 9.89 Å². The number of hydrogen-bond acceptors (Lipinski definition) is 2. The zero-order valence-corrected chi connectivity index (χ0v) is 9.62. The molecule has 1 saturated heterocycles. The average molecular weight is 257 g/mol. The maximum absolute atomic E-state index is 9.85. The molecule has 0 spiro atoms. The Morgan fingerprint density at radius 1 is 1.57 bits per heavy atom. The second-order valence-electron chi connectivity index (χ2n) is 3.96. The SMILES string of the molecule is C[C@]1(c2cccc(Br)c2)COC[C@@H]1O. The van der Waals surface area contributed by atoms with Gasteiger partial charge in [-0.2, -0.15) is 0 Å². The van der Waals surface area contributed by atoms with E-state index in [1.54, 1.807) is 0 Å². The molecule has 0 bridgehead atoms. The smallest absolute Gasteiger partial charge is 0.0889 e. The summed E-state index contributed by atoms with van der Waals surface area (Å²) < 4.78 is 6.34. The lowest BCUT2D eigenvalue weighted by molar-refractivity contribution is 0.113. The quantitative estimate of drug-likeness (QED) is 0.834. The molecule has 2 rings (SSSR count). The zero-order valence-electron chi connectivity index (χ0n) is 8.03. The van der Waals surface area contributed by atoms with E-state index < -0.39 is 6.10 Å². The van der Waals surface area contributed by atoms with E-state index in [1.807, 2.05) is 31.2 Å². The number of halogens is 1. The van der Waals surface area contributed by atoms with Gasteiger partial charge in [-0.15, -0.1) is 0 Å². The summed E-state index contributed by atoms with van der Waals surface area (Å²) in [7, 11) is 0. The minimum atomic E-state index is -0.406. The summed E-state index contributed by atoms with van der Waals surface area (Å²) in [5.74, 6) is 0. The molecule has 1 N–H and O–H groups in total. The Hall–Kier alpha value is -0.380. The molecule has 0 saturated carbocycles. The van der Waals surface area contributed by atoms with E-state index in [-0.39, 0.29) is 5.41 Å². The molecule has 0 aromatic heterocycles. The van der Waals surface area contributed by atoms with Crippen LogP contribution in [0.3, 0.4) is 0 Å². The van der Waals surface area contributed by atoms with Crippen LogP contribution in [-0.4, -0.2) is 24.4 Å². The topological polar surface area (TPSA) is 29.5 Å². The molecule has 76 valence electrons. The Morgan fingerprint density at radius 3 is 2.93 bits per heavy atom. The lowest BCUT2D eigenvalue weighted by Gasteiger charge is -2.26. The van der Waals surface area contributed by atoms with Crippen molar-refractivity contribution in [2.24, 2.45) is 0 Å². The minimum absolute atomic E-state index is 0.260. The van der Waals surface area contributed by atoms with Crippen molar-refractivity contribution in [1.82, 2.24) is 0 Å². The predicted octanol–water partition coefficient (Wildman–Crippen LogP) is 2.10. The van der Waals surface area contributed by atoms with Crippen molar-refractivity contribution in [1.29, 1.82) is 0 Å². The normalized spacial score (nSPS) is 32.1. The Bertz CT molecular complexity index is 340. The molecule has 0 amide bonds. The van der Waals surface area contributed by atoms with Crippen molar-refractivity contribution in [2.45, 2.75) is 18.4 Å². The molecule has 1 aromatic rings. The van der Waals surface area contributed by atoms with E-state index in [2.05, 4.69) is 15.9 Å². The van der Waals surface area contributed by atoms with Crippen molar-refractivity contribution < 1.29 is 9.84 Å². The van der Waals surface area contributed by atoms with Crippen molar-refractivity contribution >= 4 is 15.9 Å². The van der Waals surface area contributed by atoms with Crippen LogP contribution in [0, 0.1) is 0 Å². The van der Waals surface area contributed by atoms with Crippen molar-refractivity contribution in [2.75, 3.05) is 13.2 Å². The van der Waals surface area contributed by atoms with Crippen LogP contribution in [0.5, 0.6) is 0 Å². The first-order valence-electron chi connectivity index (χ1n) is 4.65. The maximum Gasteiger partial charge on any atom is 0.0889 e. The molecule has 3 heteroatoms. The van der Waals surface area contributed by atoms with E-state index in [0.29, 0.717) is 13.2 Å². The Morgan fingerprint density at radius 2 is 2.36 bits per heavy atom. The summed E-state index contributed by atoms with van der Waals surface area (Å²) in [6.45, 7) is 3.06. The highest BCUT2D eigenvalue weighted by atomic mass is 79.9. The number of aliphatic hydroxyl groups excluding tert-OH is 1. The highest BCUT2D eigenvalue weighted by Crippen LogP contribution is 2.33. The highest BCUT2D eigenvalue weighted by Gasteiger charge is 2.40. The average Bonchev–Trinajstić information content (AvgIpc) is 2.49. The molecule has 1 fully saturated rings. The molecule has 1 aliphatic rings. The van der Waals surface area contributed by atoms with Gasteiger partial charge >= 0.3 is 0 Å². The largest absolute Gasteiger partial charge is 0.390 e. The Kier molecular flexibility index (Phi) is 2.64. The van der Waals surface area contributed by atoms with Crippen LogP contribution in [0.25, 0.3) is 0 Å². The molecule has 1 heterocycles. The Balaban J connectivity index is 2.38. The fourth-order valence-electron chi connectivity index (χ4n) is 1.78. The van der Waals surface area contributed by atoms with Crippen LogP contribution in [0.1, 0.15) is 12.5 Å². The standard InChI is InChI=1S/C11H13BrO2/c1-11(7-14-6-10(11)13)8-3-2-4-9(12)5-8/h2-5,10,13H,6-7H2,1H3/t10-,11+/m0/s1. The molecule has 2 atom stereocenters. The molecule has 0 radical (unpaired) electrons. The number of hydrogen-bond donors (Lipinski definition) is 1. The second-order valence-corrected chi connectivity index (χ2v) is 4.87. The van der Waals surface area contributed by atoms with E-state index in [4.69, 9.17) is 4.74 Å². The fourth-order valence-corrected chi connectivity index (χ4v) is 2.18. The summed E-state index contributed by atoms with van der Waals surface area (Å²) in [5.41, 5.74) is 0.862. The molecular formula is C11H13BrO2. The monoisotopic (exact) mass is 256 g/mol. The van der Waals surface area contributed by atoms with Crippen LogP contribution in [-0.2, 0) is 10.2 Å². The van der Waals surface area contributed by atoms with Gasteiger partial charge in [-0.05, 0) is 17.7 Å². The van der Waals surface area contributed by atoms with Crippen LogP contribution < -0.4 is 0 Å². The lowest BCUT2D eigenvalue weighted by atomic mass is 9.80. The highest BCUT2D eigenvalue weighted by molar-refractivity contribution is 9.10. The fraction of sp³-hybridized carbons (Fsp3) is 0.455. The molecule has 1 aromatic carbocycles. The molecule has 2 nitrogen and oxygen atoms in total. The number of rotatable bonds is 1. The van der Waals surface area contributed by atoms with Crippen LogP contribution >= 0.6 is 15.9 Å². The van der Waals surface area contributed by atoms with Crippen molar-refractivity contribution in [3.63, 3.8) is 0 Å². The summed E-state index contributed by atoms with van der Waals surface area (Å²) in [4.78, 5) is 0. The number of ether oxygens (including phenoxy) is 1. The van der Waals surface area contributed by atoms with Gasteiger partial charge in [-0.1, -0.05) is 35.0 Å². The van der Waals surface area contributed by atoms with Gasteiger partial charge in [0.2, 0.25) is 0 Å². The maximum atomic E-state index is 9.85. The molecule has 0 aliphatic carbocycles. The molecule has 0 unspecified atom stereocenters. The number of benzene rings is 1. The number of aliphatic hydroxyl groups is 1. The predicted molar refractivity (Wildman–Crippen MR) is 58.3 cm³/mol. The summed E-state index contributed by atoms with van der Waals surface area (Å²) >= 11 is 3.43. The summed E-state index contributed by atoms with van der Waals surface area (Å²) in [6, 6.07) is 8.03. The van der Waals surface area contributed by atoms with E-state index in [9.17, 15) is 5.11 Å². The third kappa shape index (κ3) is 1.60. The van der Waals surface area contributed by atoms with Crippen LogP contribution in [0.4, 0.5) is 0 Å². The van der Waals surface area contributed by atoms with Crippen molar-refractivity contribution in [3.05, 3.63) is 34.3 Å². The first-order valence-corrected chi connectivity index (χ1v) is 5.44. The summed E-state index contributed by atoms with van der Waals surface area (Å²) in [5, 5.41) is 9.85. The van der Waals surface area contributed by atoms with Gasteiger partial charge < -0.3 is 9.84 Å². The van der Waals surface area contributed by atoms with E-state index >= 15 is 0 Å². The van der Waals surface area contributed by atoms with E-state index in [0.717, 1.165) is 10.0 Å². The third-order valence-corrected chi connectivity index (χ3v) is 3.39. The van der Waals surface area contributed by atoms with Crippen LogP contribution in [0.2, 0.25) is 0 Å². The molecule has 1 aliphatic heterocycles. The van der Waals surface area contributed by atoms with Gasteiger partial charge in [-0.3, -0.25) is 0 Å². The Labute approximate surface area is 92.0 Å². The zero-order chi connectivity index (χ0) is 10.2.